The maximum atomic E-state index is 4.70. The monoisotopic (exact) mass is 320 g/mol. The molecule has 7 heteroatoms. The minimum absolute atomic E-state index is 0.328. The first-order valence-corrected chi connectivity index (χ1v) is 7.35. The smallest absolute Gasteiger partial charge is 0.245 e. The molecule has 3 rings (SSSR count). The molecule has 24 heavy (non-hydrogen) atoms. The van der Waals surface area contributed by atoms with E-state index in [0.29, 0.717) is 22.9 Å². The van der Waals surface area contributed by atoms with Gasteiger partial charge in [0, 0.05) is 11.4 Å². The molecule has 0 aliphatic rings. The van der Waals surface area contributed by atoms with Gasteiger partial charge in [-0.25, -0.2) is 14.6 Å². The van der Waals surface area contributed by atoms with Crippen LogP contribution in [0.15, 0.2) is 71.5 Å². The molecule has 0 saturated carbocycles. The molecule has 120 valence electrons. The Morgan fingerprint density at radius 3 is 2.46 bits per heavy atom. The zero-order valence-electron chi connectivity index (χ0n) is 13.1. The Morgan fingerprint density at radius 2 is 1.79 bits per heavy atom. The fourth-order valence-corrected chi connectivity index (χ4v) is 2.05. The highest BCUT2D eigenvalue weighted by Gasteiger charge is 2.13. The van der Waals surface area contributed by atoms with E-state index in [1.165, 1.54) is 0 Å². The van der Waals surface area contributed by atoms with E-state index >= 15 is 0 Å². The highest BCUT2D eigenvalue weighted by Crippen LogP contribution is 2.24. The minimum Gasteiger partial charge on any atom is -0.337 e. The van der Waals surface area contributed by atoms with E-state index in [1.54, 1.807) is 6.08 Å². The Morgan fingerprint density at radius 1 is 1.08 bits per heavy atom. The average Bonchev–Trinajstić information content (AvgIpc) is 3.04. The lowest BCUT2D eigenvalue weighted by Gasteiger charge is -2.12. The molecule has 0 atom stereocenters. The van der Waals surface area contributed by atoms with Gasteiger partial charge in [-0.3, -0.25) is 0 Å². The second kappa shape index (κ2) is 7.19. The number of fused-ring (bicyclic) bond motifs is 1. The largest absolute Gasteiger partial charge is 0.337 e. The predicted molar refractivity (Wildman–Crippen MR) is 93.8 cm³/mol. The first-order chi connectivity index (χ1) is 11.8. The van der Waals surface area contributed by atoms with Crippen molar-refractivity contribution < 1.29 is 4.63 Å². The fraction of sp³-hybridized carbons (Fsp3) is 0.0588. The molecule has 0 bridgehead atoms. The Bertz CT molecular complexity index is 898. The molecule has 0 unspecified atom stereocenters. The number of hydrogen-bond donors (Lipinski definition) is 2. The van der Waals surface area contributed by atoms with Crippen molar-refractivity contribution in [3.63, 3.8) is 0 Å². The van der Waals surface area contributed by atoms with Gasteiger partial charge in [-0.2, -0.15) is 0 Å². The van der Waals surface area contributed by atoms with Crippen LogP contribution in [0.25, 0.3) is 11.3 Å². The number of nitrogens with one attached hydrogen (secondary N) is 2. The van der Waals surface area contributed by atoms with E-state index < -0.39 is 0 Å². The summed E-state index contributed by atoms with van der Waals surface area (Å²) in [5.41, 5.74) is 2.36. The fourth-order valence-electron chi connectivity index (χ4n) is 2.05. The molecular weight excluding hydrogens is 304 g/mol. The summed E-state index contributed by atoms with van der Waals surface area (Å²) in [4.78, 5) is 8.85. The number of para-hydroxylation sites is 1. The van der Waals surface area contributed by atoms with Crippen molar-refractivity contribution in [3.05, 3.63) is 66.9 Å². The van der Waals surface area contributed by atoms with Crippen molar-refractivity contribution >= 4 is 28.6 Å². The van der Waals surface area contributed by atoms with Crippen LogP contribution in [-0.4, -0.2) is 20.3 Å². The zero-order chi connectivity index (χ0) is 16.8. The summed E-state index contributed by atoms with van der Waals surface area (Å²) in [6.07, 6.45) is 7.34. The molecule has 7 nitrogen and oxygen atoms in total. The van der Waals surface area contributed by atoms with Crippen LogP contribution in [0.4, 0.5) is 17.3 Å². The molecule has 1 aromatic carbocycles. The lowest BCUT2D eigenvalue weighted by atomic mass is 10.3. The van der Waals surface area contributed by atoms with Gasteiger partial charge in [-0.1, -0.05) is 36.9 Å². The van der Waals surface area contributed by atoms with Crippen molar-refractivity contribution in [1.29, 1.82) is 0 Å². The van der Waals surface area contributed by atoms with Gasteiger partial charge in [0.15, 0.2) is 11.6 Å². The van der Waals surface area contributed by atoms with Crippen LogP contribution in [0.3, 0.4) is 0 Å². The number of aromatic nitrogens is 4. The van der Waals surface area contributed by atoms with Crippen LogP contribution >= 0.6 is 0 Å². The highest BCUT2D eigenvalue weighted by atomic mass is 16.6. The van der Waals surface area contributed by atoms with E-state index in [-0.39, 0.29) is 0 Å². The zero-order valence-corrected chi connectivity index (χ0v) is 13.1. The molecule has 0 aliphatic carbocycles. The first-order valence-electron chi connectivity index (χ1n) is 7.35. The van der Waals surface area contributed by atoms with E-state index in [2.05, 4.69) is 37.5 Å². The third-order valence-corrected chi connectivity index (χ3v) is 3.06. The van der Waals surface area contributed by atoms with E-state index in [4.69, 9.17) is 4.63 Å². The summed E-state index contributed by atoms with van der Waals surface area (Å²) in [7, 11) is 0. The lowest BCUT2D eigenvalue weighted by Crippen LogP contribution is -2.06. The van der Waals surface area contributed by atoms with Gasteiger partial charge < -0.3 is 10.6 Å². The van der Waals surface area contributed by atoms with Crippen molar-refractivity contribution in [3.8, 4) is 0 Å². The Kier molecular flexibility index (Phi) is 4.62. The van der Waals surface area contributed by atoms with Gasteiger partial charge in [0.1, 0.15) is 0 Å². The van der Waals surface area contributed by atoms with Gasteiger partial charge in [0.2, 0.25) is 11.3 Å². The number of allylic oxidation sites excluding steroid dienone is 4. The van der Waals surface area contributed by atoms with Gasteiger partial charge in [-0.05, 0) is 41.5 Å². The standard InChI is InChI=1S/C17H16N6O/c1-3-8-12(9-4-2)18-14-15(19-13-10-6-5-7-11-13)21-17-16(20-14)22-24-23-17/h3-11H,1H2,2H3,(H,18,20,22)(H,19,21,23)/b9-4-,12-8+. The van der Waals surface area contributed by atoms with Crippen LogP contribution in [-0.2, 0) is 0 Å². The molecule has 0 amide bonds. The van der Waals surface area contributed by atoms with Gasteiger partial charge in [-0.15, -0.1) is 0 Å². The predicted octanol–water partition coefficient (Wildman–Crippen LogP) is 3.81. The van der Waals surface area contributed by atoms with Crippen molar-refractivity contribution in [2.45, 2.75) is 6.92 Å². The molecule has 2 heterocycles. The summed E-state index contributed by atoms with van der Waals surface area (Å²) >= 11 is 0. The third-order valence-electron chi connectivity index (χ3n) is 3.06. The van der Waals surface area contributed by atoms with Gasteiger partial charge >= 0.3 is 0 Å². The van der Waals surface area contributed by atoms with Crippen molar-refractivity contribution in [2.24, 2.45) is 0 Å². The summed E-state index contributed by atoms with van der Waals surface area (Å²) < 4.78 is 4.70. The first kappa shape index (κ1) is 15.4. The molecule has 0 saturated heterocycles. The SMILES string of the molecule is C=C/C=C(\C=C/C)Nc1nc2nonc2nc1Nc1ccccc1. The summed E-state index contributed by atoms with van der Waals surface area (Å²) in [6.45, 7) is 5.65. The Balaban J connectivity index is 2.02. The average molecular weight is 320 g/mol. The summed E-state index contributed by atoms with van der Waals surface area (Å²) in [5.74, 6) is 1.03. The quantitative estimate of drug-likeness (QED) is 0.667. The third kappa shape index (κ3) is 3.46. The number of rotatable bonds is 6. The summed E-state index contributed by atoms with van der Waals surface area (Å²) in [6, 6.07) is 9.67. The number of benzene rings is 1. The molecule has 2 N–H and O–H groups in total. The maximum absolute atomic E-state index is 4.70. The van der Waals surface area contributed by atoms with E-state index in [1.807, 2.05) is 55.5 Å². The van der Waals surface area contributed by atoms with Crippen LogP contribution in [0, 0.1) is 0 Å². The van der Waals surface area contributed by atoms with Gasteiger partial charge in [0.05, 0.1) is 0 Å². The second-order valence-corrected chi connectivity index (χ2v) is 4.81. The molecular formula is C17H16N6O. The van der Waals surface area contributed by atoms with E-state index in [0.717, 1.165) is 11.4 Å². The molecule has 3 aromatic rings. The maximum Gasteiger partial charge on any atom is 0.245 e. The molecule has 2 aromatic heterocycles. The Hall–Kier alpha value is -3.48. The van der Waals surface area contributed by atoms with Gasteiger partial charge in [0.25, 0.3) is 0 Å². The minimum atomic E-state index is 0.328. The second-order valence-electron chi connectivity index (χ2n) is 4.81. The highest BCUT2D eigenvalue weighted by molar-refractivity contribution is 5.77. The van der Waals surface area contributed by atoms with E-state index in [9.17, 15) is 0 Å². The van der Waals surface area contributed by atoms with Crippen molar-refractivity contribution in [1.82, 2.24) is 20.3 Å². The molecule has 0 spiro atoms. The number of anilines is 3. The number of hydrogen-bond acceptors (Lipinski definition) is 7. The molecule has 0 fully saturated rings. The van der Waals surface area contributed by atoms with Crippen LogP contribution in [0.2, 0.25) is 0 Å². The van der Waals surface area contributed by atoms with Crippen LogP contribution in [0.1, 0.15) is 6.92 Å². The molecule has 0 aliphatic heterocycles. The van der Waals surface area contributed by atoms with Crippen LogP contribution in [0.5, 0.6) is 0 Å². The summed E-state index contributed by atoms with van der Waals surface area (Å²) in [5, 5.41) is 13.9. The number of nitrogens with zero attached hydrogens (tertiary/aromatic N) is 4. The Labute approximate surface area is 138 Å². The normalized spacial score (nSPS) is 11.8. The topological polar surface area (TPSA) is 88.8 Å². The molecule has 0 radical (unpaired) electrons. The van der Waals surface area contributed by atoms with Crippen molar-refractivity contribution in [2.75, 3.05) is 10.6 Å². The van der Waals surface area contributed by atoms with Crippen LogP contribution < -0.4 is 10.6 Å². The lowest BCUT2D eigenvalue weighted by molar-refractivity contribution is 0.314.